The van der Waals surface area contributed by atoms with Gasteiger partial charge in [-0.05, 0) is 57.8 Å². The van der Waals surface area contributed by atoms with Crippen molar-refractivity contribution in [3.8, 4) is 0 Å². The molecule has 1 atom stereocenters. The maximum Gasteiger partial charge on any atom is 0.306 e. The molecule has 0 aromatic carbocycles. The molecule has 0 saturated heterocycles. The van der Waals surface area contributed by atoms with Gasteiger partial charge in [-0.25, -0.2) is 0 Å². The summed E-state index contributed by atoms with van der Waals surface area (Å²) in [5, 5.41) is 0. The first-order chi connectivity index (χ1) is 40.5. The molecule has 0 heterocycles. The molecule has 6 heteroatoms. The second kappa shape index (κ2) is 70.9. The van der Waals surface area contributed by atoms with E-state index >= 15 is 0 Å². The van der Waals surface area contributed by atoms with Gasteiger partial charge in [0, 0.05) is 19.3 Å². The van der Waals surface area contributed by atoms with Crippen LogP contribution in [-0.4, -0.2) is 37.2 Å². The van der Waals surface area contributed by atoms with E-state index in [2.05, 4.69) is 69.4 Å². The van der Waals surface area contributed by atoms with Crippen LogP contribution >= 0.6 is 0 Å². The Morgan fingerprint density at radius 2 is 0.476 bits per heavy atom. The van der Waals surface area contributed by atoms with Crippen LogP contribution in [0.1, 0.15) is 400 Å². The Balaban J connectivity index is 4.07. The molecule has 0 aliphatic carbocycles. The number of unbranched alkanes of at least 4 members (excludes halogenated alkanes) is 49. The van der Waals surface area contributed by atoms with E-state index in [0.29, 0.717) is 19.3 Å². The molecule has 0 N–H and O–H groups in total. The summed E-state index contributed by atoms with van der Waals surface area (Å²) in [5.41, 5.74) is 0. The number of carbonyl (C=O) groups is 3. The van der Waals surface area contributed by atoms with Gasteiger partial charge in [0.15, 0.2) is 6.10 Å². The molecule has 0 saturated carbocycles. The Hall–Kier alpha value is -2.63. The van der Waals surface area contributed by atoms with Gasteiger partial charge in [-0.1, -0.05) is 371 Å². The van der Waals surface area contributed by atoms with Gasteiger partial charge in [-0.2, -0.15) is 0 Å². The highest BCUT2D eigenvalue weighted by Crippen LogP contribution is 2.19. The standard InChI is InChI=1S/C76H140O6/c1-4-7-10-13-16-19-21-23-25-27-29-31-33-35-36-37-38-39-41-42-44-46-48-50-52-54-57-60-63-66-69-75(78)81-72-73(71-80-74(77)68-65-62-59-56-18-15-12-9-6-3)82-76(79)70-67-64-61-58-55-53-51-49-47-45-43-40-34-32-30-28-26-24-22-20-17-14-11-8-5-2/h8,11,17,20,24,26,30,32,73H,4-7,9-10,12-16,18-19,21-23,25,27-29,31,33-72H2,1-3H3/b11-8-,20-17-,26-24-,32-30-. The molecule has 82 heavy (non-hydrogen) atoms. The first-order valence-corrected chi connectivity index (χ1v) is 36.6. The summed E-state index contributed by atoms with van der Waals surface area (Å²) < 4.78 is 17.0. The fraction of sp³-hybridized carbons (Fsp3) is 0.855. The lowest BCUT2D eigenvalue weighted by molar-refractivity contribution is -0.167. The Kier molecular flexibility index (Phi) is 68.6. The van der Waals surface area contributed by atoms with E-state index in [-0.39, 0.29) is 31.1 Å². The molecule has 0 bridgehead atoms. The van der Waals surface area contributed by atoms with Crippen molar-refractivity contribution in [3.05, 3.63) is 48.6 Å². The molecule has 6 nitrogen and oxygen atoms in total. The molecule has 0 spiro atoms. The van der Waals surface area contributed by atoms with E-state index < -0.39 is 6.10 Å². The summed E-state index contributed by atoms with van der Waals surface area (Å²) in [6.45, 7) is 6.58. The molecular formula is C76H140O6. The second-order valence-corrected chi connectivity index (χ2v) is 24.8. The van der Waals surface area contributed by atoms with Crippen LogP contribution in [0.3, 0.4) is 0 Å². The third kappa shape index (κ3) is 68.2. The molecule has 0 rings (SSSR count). The van der Waals surface area contributed by atoms with E-state index in [9.17, 15) is 14.4 Å². The summed E-state index contributed by atoms with van der Waals surface area (Å²) in [7, 11) is 0. The second-order valence-electron chi connectivity index (χ2n) is 24.8. The van der Waals surface area contributed by atoms with Crippen LogP contribution in [-0.2, 0) is 28.6 Å². The summed E-state index contributed by atoms with van der Waals surface area (Å²) in [6.07, 6.45) is 90.3. The molecule has 0 aliphatic rings. The fourth-order valence-electron chi connectivity index (χ4n) is 11.1. The minimum atomic E-state index is -0.771. The third-order valence-electron chi connectivity index (χ3n) is 16.6. The lowest BCUT2D eigenvalue weighted by Crippen LogP contribution is -2.30. The van der Waals surface area contributed by atoms with Crippen molar-refractivity contribution in [3.63, 3.8) is 0 Å². The normalized spacial score (nSPS) is 12.3. The Morgan fingerprint density at radius 1 is 0.256 bits per heavy atom. The van der Waals surface area contributed by atoms with Gasteiger partial charge < -0.3 is 14.2 Å². The van der Waals surface area contributed by atoms with E-state index in [0.717, 1.165) is 83.5 Å². The van der Waals surface area contributed by atoms with Crippen molar-refractivity contribution in [2.45, 2.75) is 406 Å². The highest BCUT2D eigenvalue weighted by molar-refractivity contribution is 5.71. The highest BCUT2D eigenvalue weighted by atomic mass is 16.6. The van der Waals surface area contributed by atoms with Gasteiger partial charge in [0.2, 0.25) is 0 Å². The van der Waals surface area contributed by atoms with Crippen molar-refractivity contribution in [1.29, 1.82) is 0 Å². The van der Waals surface area contributed by atoms with Crippen molar-refractivity contribution in [2.75, 3.05) is 13.2 Å². The number of carbonyl (C=O) groups excluding carboxylic acids is 3. The molecule has 0 aliphatic heterocycles. The maximum absolute atomic E-state index is 12.9. The average molecular weight is 1150 g/mol. The van der Waals surface area contributed by atoms with Gasteiger partial charge in [0.05, 0.1) is 0 Å². The summed E-state index contributed by atoms with van der Waals surface area (Å²) >= 11 is 0. The quantitative estimate of drug-likeness (QED) is 0.0261. The highest BCUT2D eigenvalue weighted by Gasteiger charge is 2.19. The number of esters is 3. The Bertz CT molecular complexity index is 1410. The molecule has 0 amide bonds. The van der Waals surface area contributed by atoms with Crippen LogP contribution in [0.5, 0.6) is 0 Å². The molecule has 0 aromatic rings. The predicted octanol–water partition coefficient (Wildman–Crippen LogP) is 25.3. The van der Waals surface area contributed by atoms with Gasteiger partial charge in [-0.15, -0.1) is 0 Å². The van der Waals surface area contributed by atoms with E-state index in [1.807, 2.05) is 0 Å². The first-order valence-electron chi connectivity index (χ1n) is 36.6. The summed E-state index contributed by atoms with van der Waals surface area (Å²) in [4.78, 5) is 38.3. The molecular weight excluding hydrogens is 1010 g/mol. The molecule has 0 fully saturated rings. The SMILES string of the molecule is CC/C=C\C/C=C\C/C=C\C/C=C\CCCCCCCCCCCCCCC(=O)OC(COC(=O)CCCCCCCCCCC)COC(=O)CCCCCCCCCCCCCCCCCCCCCCCCCCCCCCCC. The number of ether oxygens (including phenoxy) is 3. The van der Waals surface area contributed by atoms with Crippen LogP contribution in [0, 0.1) is 0 Å². The van der Waals surface area contributed by atoms with Crippen molar-refractivity contribution in [1.82, 2.24) is 0 Å². The van der Waals surface area contributed by atoms with Crippen molar-refractivity contribution < 1.29 is 28.6 Å². The fourth-order valence-corrected chi connectivity index (χ4v) is 11.1. The van der Waals surface area contributed by atoms with Gasteiger partial charge >= 0.3 is 17.9 Å². The minimum Gasteiger partial charge on any atom is -0.462 e. The topological polar surface area (TPSA) is 78.9 Å². The minimum absolute atomic E-state index is 0.0680. The van der Waals surface area contributed by atoms with E-state index in [1.54, 1.807) is 0 Å². The van der Waals surface area contributed by atoms with Crippen LogP contribution in [0.25, 0.3) is 0 Å². The molecule has 480 valence electrons. The first kappa shape index (κ1) is 79.4. The van der Waals surface area contributed by atoms with Crippen LogP contribution in [0.15, 0.2) is 48.6 Å². The zero-order valence-electron chi connectivity index (χ0n) is 55.3. The van der Waals surface area contributed by atoms with Gasteiger partial charge in [0.1, 0.15) is 13.2 Å². The van der Waals surface area contributed by atoms with E-state index in [4.69, 9.17) is 14.2 Å². The number of hydrogen-bond donors (Lipinski definition) is 0. The molecule has 0 aromatic heterocycles. The van der Waals surface area contributed by atoms with Gasteiger partial charge in [-0.3, -0.25) is 14.4 Å². The van der Waals surface area contributed by atoms with Crippen LogP contribution < -0.4 is 0 Å². The number of rotatable bonds is 68. The summed E-state index contributed by atoms with van der Waals surface area (Å²) in [6, 6.07) is 0. The zero-order valence-corrected chi connectivity index (χ0v) is 55.3. The summed E-state index contributed by atoms with van der Waals surface area (Å²) in [5.74, 6) is -0.846. The lowest BCUT2D eigenvalue weighted by atomic mass is 10.0. The third-order valence-corrected chi connectivity index (χ3v) is 16.6. The van der Waals surface area contributed by atoms with Crippen LogP contribution in [0.2, 0.25) is 0 Å². The Labute approximate surface area is 511 Å². The predicted molar refractivity (Wildman–Crippen MR) is 358 cm³/mol. The zero-order chi connectivity index (χ0) is 59.2. The smallest absolute Gasteiger partial charge is 0.306 e. The molecule has 0 radical (unpaired) electrons. The van der Waals surface area contributed by atoms with Crippen LogP contribution in [0.4, 0.5) is 0 Å². The maximum atomic E-state index is 12.9. The molecule has 1 unspecified atom stereocenters. The van der Waals surface area contributed by atoms with Gasteiger partial charge in [0.25, 0.3) is 0 Å². The number of allylic oxidation sites excluding steroid dienone is 8. The monoisotopic (exact) mass is 1150 g/mol. The van der Waals surface area contributed by atoms with Crippen molar-refractivity contribution >= 4 is 17.9 Å². The average Bonchev–Trinajstić information content (AvgIpc) is 3.48. The van der Waals surface area contributed by atoms with Crippen molar-refractivity contribution in [2.24, 2.45) is 0 Å². The largest absolute Gasteiger partial charge is 0.462 e. The lowest BCUT2D eigenvalue weighted by Gasteiger charge is -2.18. The number of hydrogen-bond acceptors (Lipinski definition) is 6. The Morgan fingerprint density at radius 3 is 0.744 bits per heavy atom. The van der Waals surface area contributed by atoms with E-state index in [1.165, 1.54) is 276 Å².